The van der Waals surface area contributed by atoms with E-state index in [9.17, 15) is 9.18 Å². The Bertz CT molecular complexity index is 708. The van der Waals surface area contributed by atoms with E-state index < -0.39 is 5.54 Å². The van der Waals surface area contributed by atoms with Gasteiger partial charge in [0.15, 0.2) is 0 Å². The van der Waals surface area contributed by atoms with Gasteiger partial charge in [0.1, 0.15) is 17.1 Å². The fourth-order valence-electron chi connectivity index (χ4n) is 3.91. The van der Waals surface area contributed by atoms with Crippen LogP contribution in [0.25, 0.3) is 0 Å². The summed E-state index contributed by atoms with van der Waals surface area (Å²) in [6.45, 7) is 1.93. The SMILES string of the molecule is O=C(NCc1ccco1)C12CC(CN1Cc1cccc(F)c1)C2. The van der Waals surface area contributed by atoms with Crippen molar-refractivity contribution < 1.29 is 13.6 Å². The van der Waals surface area contributed by atoms with Crippen LogP contribution in [-0.2, 0) is 17.9 Å². The van der Waals surface area contributed by atoms with Crippen molar-refractivity contribution in [3.05, 3.63) is 59.8 Å². The third-order valence-corrected chi connectivity index (χ3v) is 5.03. The number of rotatable bonds is 5. The molecule has 2 aliphatic heterocycles. The van der Waals surface area contributed by atoms with Gasteiger partial charge in [0.2, 0.25) is 5.91 Å². The number of nitrogens with one attached hydrogen (secondary N) is 1. The molecule has 1 amide bonds. The summed E-state index contributed by atoms with van der Waals surface area (Å²) in [7, 11) is 0. The first-order valence-corrected chi connectivity index (χ1v) is 7.96. The number of amides is 1. The highest BCUT2D eigenvalue weighted by molar-refractivity contribution is 5.88. The van der Waals surface area contributed by atoms with Gasteiger partial charge in [-0.3, -0.25) is 9.69 Å². The molecule has 2 bridgehead atoms. The largest absolute Gasteiger partial charge is 0.467 e. The van der Waals surface area contributed by atoms with Gasteiger partial charge in [-0.15, -0.1) is 0 Å². The van der Waals surface area contributed by atoms with Gasteiger partial charge in [0.25, 0.3) is 0 Å². The molecule has 5 heteroatoms. The molecule has 23 heavy (non-hydrogen) atoms. The first-order chi connectivity index (χ1) is 11.2. The van der Waals surface area contributed by atoms with Crippen molar-refractivity contribution in [2.45, 2.75) is 31.5 Å². The lowest BCUT2D eigenvalue weighted by atomic mass is 9.72. The van der Waals surface area contributed by atoms with E-state index in [1.165, 1.54) is 6.07 Å². The van der Waals surface area contributed by atoms with E-state index in [1.807, 2.05) is 18.2 Å². The highest BCUT2D eigenvalue weighted by atomic mass is 19.1. The summed E-state index contributed by atoms with van der Waals surface area (Å²) in [4.78, 5) is 14.9. The first-order valence-electron chi connectivity index (χ1n) is 7.96. The minimum Gasteiger partial charge on any atom is -0.467 e. The number of carbonyl (C=O) groups excluding carboxylic acids is 1. The number of halogens is 1. The van der Waals surface area contributed by atoms with Gasteiger partial charge in [-0.25, -0.2) is 4.39 Å². The van der Waals surface area contributed by atoms with E-state index in [1.54, 1.807) is 18.4 Å². The molecule has 2 aromatic rings. The van der Waals surface area contributed by atoms with Crippen molar-refractivity contribution in [3.8, 4) is 0 Å². The zero-order chi connectivity index (χ0) is 15.9. The van der Waals surface area contributed by atoms with Crippen molar-refractivity contribution in [2.75, 3.05) is 6.54 Å². The Labute approximate surface area is 134 Å². The molecule has 0 atom stereocenters. The molecule has 3 fully saturated rings. The lowest BCUT2D eigenvalue weighted by Crippen LogP contribution is -2.57. The maximum Gasteiger partial charge on any atom is 0.240 e. The first kappa shape index (κ1) is 14.5. The van der Waals surface area contributed by atoms with Gasteiger partial charge in [-0.2, -0.15) is 0 Å². The van der Waals surface area contributed by atoms with Crippen LogP contribution in [0.3, 0.4) is 0 Å². The molecule has 1 aliphatic carbocycles. The zero-order valence-electron chi connectivity index (χ0n) is 12.8. The van der Waals surface area contributed by atoms with Crippen LogP contribution < -0.4 is 5.32 Å². The van der Waals surface area contributed by atoms with Crippen LogP contribution in [0.1, 0.15) is 24.2 Å². The molecule has 4 nitrogen and oxygen atoms in total. The molecule has 3 heterocycles. The standard InChI is InChI=1S/C18H19FN2O2/c19-15-4-1-3-13(7-15)11-21-12-14-8-18(21,9-14)17(22)20-10-16-5-2-6-23-16/h1-7,14H,8-12H2,(H,20,22). The van der Waals surface area contributed by atoms with Crippen LogP contribution in [-0.4, -0.2) is 22.9 Å². The van der Waals surface area contributed by atoms with Crippen LogP contribution in [0, 0.1) is 11.7 Å². The fourth-order valence-corrected chi connectivity index (χ4v) is 3.91. The summed E-state index contributed by atoms with van der Waals surface area (Å²) >= 11 is 0. The van der Waals surface area contributed by atoms with Crippen LogP contribution in [0.2, 0.25) is 0 Å². The average molecular weight is 314 g/mol. The Hall–Kier alpha value is -2.14. The highest BCUT2D eigenvalue weighted by Crippen LogP contribution is 2.51. The van der Waals surface area contributed by atoms with Crippen molar-refractivity contribution in [1.29, 1.82) is 0 Å². The number of benzene rings is 1. The second kappa shape index (κ2) is 5.49. The molecule has 1 saturated carbocycles. The van der Waals surface area contributed by atoms with Crippen LogP contribution in [0.5, 0.6) is 0 Å². The molecule has 1 aromatic heterocycles. The van der Waals surface area contributed by atoms with Gasteiger partial charge >= 0.3 is 0 Å². The van der Waals surface area contributed by atoms with Crippen molar-refractivity contribution in [3.63, 3.8) is 0 Å². The maximum absolute atomic E-state index is 13.4. The Balaban J connectivity index is 1.45. The topological polar surface area (TPSA) is 45.5 Å². The summed E-state index contributed by atoms with van der Waals surface area (Å²) in [5.41, 5.74) is 0.486. The molecule has 0 unspecified atom stereocenters. The second-order valence-electron chi connectivity index (χ2n) is 6.58. The van der Waals surface area contributed by atoms with Crippen molar-refractivity contribution in [2.24, 2.45) is 5.92 Å². The number of hydrogen-bond acceptors (Lipinski definition) is 3. The quantitative estimate of drug-likeness (QED) is 0.923. The highest BCUT2D eigenvalue weighted by Gasteiger charge is 2.60. The second-order valence-corrected chi connectivity index (χ2v) is 6.58. The van der Waals surface area contributed by atoms with Gasteiger partial charge < -0.3 is 9.73 Å². The van der Waals surface area contributed by atoms with E-state index in [0.717, 1.165) is 30.7 Å². The van der Waals surface area contributed by atoms with Crippen LogP contribution in [0.4, 0.5) is 4.39 Å². The molecule has 1 aromatic carbocycles. The van der Waals surface area contributed by atoms with E-state index in [2.05, 4.69) is 10.2 Å². The molecule has 2 saturated heterocycles. The maximum atomic E-state index is 13.4. The minimum absolute atomic E-state index is 0.0547. The summed E-state index contributed by atoms with van der Waals surface area (Å²) in [6.07, 6.45) is 3.39. The Morgan fingerprint density at radius 2 is 2.22 bits per heavy atom. The number of fused-ring (bicyclic) bond motifs is 1. The molecule has 1 N–H and O–H groups in total. The molecular formula is C18H19FN2O2. The molecule has 0 spiro atoms. The molecule has 5 rings (SSSR count). The predicted molar refractivity (Wildman–Crippen MR) is 82.8 cm³/mol. The predicted octanol–water partition coefficient (Wildman–Crippen LogP) is 2.70. The normalized spacial score (nSPS) is 26.0. The number of furan rings is 1. The van der Waals surface area contributed by atoms with Gasteiger partial charge in [0, 0.05) is 13.1 Å². The van der Waals surface area contributed by atoms with Crippen molar-refractivity contribution in [1.82, 2.24) is 10.2 Å². The molecule has 120 valence electrons. The lowest BCUT2D eigenvalue weighted by molar-refractivity contribution is -0.135. The average Bonchev–Trinajstić information content (AvgIpc) is 3.18. The summed E-state index contributed by atoms with van der Waals surface area (Å²) < 4.78 is 18.6. The Kier molecular flexibility index (Phi) is 3.45. The number of carbonyl (C=O) groups is 1. The van der Waals surface area contributed by atoms with E-state index in [-0.39, 0.29) is 11.7 Å². The monoisotopic (exact) mass is 314 g/mol. The lowest BCUT2D eigenvalue weighted by Gasteiger charge is -2.40. The van der Waals surface area contributed by atoms with Gasteiger partial charge in [-0.1, -0.05) is 12.1 Å². The van der Waals surface area contributed by atoms with Crippen molar-refractivity contribution >= 4 is 5.91 Å². The van der Waals surface area contributed by atoms with Crippen LogP contribution in [0.15, 0.2) is 47.1 Å². The van der Waals surface area contributed by atoms with Gasteiger partial charge in [-0.05, 0) is 48.6 Å². The minimum atomic E-state index is -0.427. The summed E-state index contributed by atoms with van der Waals surface area (Å²) in [5.74, 6) is 1.16. The third kappa shape index (κ3) is 2.55. The number of hydrogen-bond donors (Lipinski definition) is 1. The Morgan fingerprint density at radius 1 is 1.35 bits per heavy atom. The summed E-state index contributed by atoms with van der Waals surface area (Å²) in [6, 6.07) is 10.3. The Morgan fingerprint density at radius 3 is 2.96 bits per heavy atom. The van der Waals surface area contributed by atoms with Crippen LogP contribution >= 0.6 is 0 Å². The fraction of sp³-hybridized carbons (Fsp3) is 0.389. The summed E-state index contributed by atoms with van der Waals surface area (Å²) in [5, 5.41) is 2.98. The van der Waals surface area contributed by atoms with Gasteiger partial charge in [0.05, 0.1) is 12.8 Å². The molecule has 0 radical (unpaired) electrons. The van der Waals surface area contributed by atoms with E-state index in [4.69, 9.17) is 4.42 Å². The smallest absolute Gasteiger partial charge is 0.240 e. The third-order valence-electron chi connectivity index (χ3n) is 5.03. The van der Waals surface area contributed by atoms with E-state index in [0.29, 0.717) is 19.0 Å². The zero-order valence-corrected chi connectivity index (χ0v) is 12.8. The number of nitrogens with zero attached hydrogens (tertiary/aromatic N) is 1. The molecule has 3 aliphatic rings. The molecular weight excluding hydrogens is 295 g/mol. The van der Waals surface area contributed by atoms with E-state index >= 15 is 0 Å².